The van der Waals surface area contributed by atoms with Gasteiger partial charge in [0.05, 0.1) is 6.61 Å². The number of carbonyl (C=O) groups is 1. The van der Waals surface area contributed by atoms with Gasteiger partial charge >= 0.3 is 13.7 Å². The number of esters is 1. The number of para-hydroxylation sites is 1. The van der Waals surface area contributed by atoms with Crippen LogP contribution in [0.25, 0.3) is 11.2 Å². The van der Waals surface area contributed by atoms with Crippen LogP contribution in [0.2, 0.25) is 5.28 Å². The molecule has 3 heterocycles. The molecule has 0 spiro atoms. The van der Waals surface area contributed by atoms with Crippen LogP contribution in [0.15, 0.2) is 67.0 Å². The Labute approximate surface area is 245 Å². The number of nitrogens with one attached hydrogen (secondary N) is 1. The molecule has 1 aliphatic rings. The molecule has 2 aromatic carbocycles. The van der Waals surface area contributed by atoms with Gasteiger partial charge in [-0.1, -0.05) is 48.5 Å². The van der Waals surface area contributed by atoms with E-state index in [9.17, 15) is 19.6 Å². The number of hydrogen-bond donors (Lipinski definition) is 4. The Morgan fingerprint density at radius 3 is 2.55 bits per heavy atom. The molecule has 16 heteroatoms. The Morgan fingerprint density at radius 1 is 1.14 bits per heavy atom. The van der Waals surface area contributed by atoms with Crippen LogP contribution in [0.3, 0.4) is 0 Å². The van der Waals surface area contributed by atoms with Gasteiger partial charge in [-0.15, -0.1) is 0 Å². The summed E-state index contributed by atoms with van der Waals surface area (Å²) in [5, 5.41) is 24.0. The number of fused-ring (bicyclic) bond motifs is 1. The molecule has 1 fully saturated rings. The van der Waals surface area contributed by atoms with Crippen molar-refractivity contribution < 1.29 is 38.1 Å². The maximum atomic E-state index is 13.9. The van der Waals surface area contributed by atoms with Crippen molar-refractivity contribution in [3.8, 4) is 5.75 Å². The number of aliphatic hydroxyl groups excluding tert-OH is 2. The third-order valence-corrected chi connectivity index (χ3v) is 8.27. The summed E-state index contributed by atoms with van der Waals surface area (Å²) in [5.41, 5.74) is 6.99. The molecule has 5 rings (SSSR count). The van der Waals surface area contributed by atoms with E-state index in [2.05, 4.69) is 20.0 Å². The number of ether oxygens (including phenoxy) is 2. The minimum Gasteiger partial charge on any atom is -0.460 e. The summed E-state index contributed by atoms with van der Waals surface area (Å²) < 4.78 is 37.6. The number of benzene rings is 2. The lowest BCUT2D eigenvalue weighted by Crippen LogP contribution is -2.37. The molecular formula is C26H28ClN6O8P. The zero-order chi connectivity index (χ0) is 29.9. The number of imidazole rings is 1. The molecular weight excluding hydrogens is 591 g/mol. The zero-order valence-electron chi connectivity index (χ0n) is 22.2. The Balaban J connectivity index is 1.30. The molecule has 0 radical (unpaired) electrons. The second-order valence-electron chi connectivity index (χ2n) is 9.37. The first-order valence-corrected chi connectivity index (χ1v) is 14.7. The van der Waals surface area contributed by atoms with Crippen LogP contribution in [0.4, 0.5) is 5.82 Å². The van der Waals surface area contributed by atoms with Crippen LogP contribution >= 0.6 is 19.3 Å². The Hall–Kier alpha value is -3.62. The fourth-order valence-corrected chi connectivity index (χ4v) is 5.99. The molecule has 1 unspecified atom stereocenters. The lowest BCUT2D eigenvalue weighted by Gasteiger charge is -2.24. The minimum atomic E-state index is -4.29. The van der Waals surface area contributed by atoms with Gasteiger partial charge < -0.3 is 29.9 Å². The normalized spacial score (nSPS) is 22.5. The number of aliphatic hydroxyl groups is 2. The smallest absolute Gasteiger partial charge is 0.459 e. The van der Waals surface area contributed by atoms with Crippen molar-refractivity contribution in [2.75, 3.05) is 12.3 Å². The third-order valence-electron chi connectivity index (χ3n) is 6.36. The van der Waals surface area contributed by atoms with Gasteiger partial charge in [-0.25, -0.2) is 19.5 Å². The van der Waals surface area contributed by atoms with Crippen molar-refractivity contribution in [3.63, 3.8) is 0 Å². The quantitative estimate of drug-likeness (QED) is 0.109. The molecule has 1 saturated heterocycles. The summed E-state index contributed by atoms with van der Waals surface area (Å²) in [6.07, 6.45) is -4.25. The molecule has 0 aliphatic carbocycles. The highest BCUT2D eigenvalue weighted by molar-refractivity contribution is 7.52. The summed E-state index contributed by atoms with van der Waals surface area (Å²) in [5.74, 6) is -0.442. The number of anilines is 1. The molecule has 5 N–H and O–H groups in total. The van der Waals surface area contributed by atoms with Gasteiger partial charge in [0.1, 0.15) is 43.0 Å². The summed E-state index contributed by atoms with van der Waals surface area (Å²) in [6.45, 7) is 0.941. The van der Waals surface area contributed by atoms with Crippen LogP contribution in [-0.2, 0) is 30.0 Å². The maximum absolute atomic E-state index is 13.9. The van der Waals surface area contributed by atoms with E-state index in [-0.39, 0.29) is 34.6 Å². The van der Waals surface area contributed by atoms with Gasteiger partial charge in [-0.05, 0) is 36.2 Å². The van der Waals surface area contributed by atoms with Crippen LogP contribution in [0.1, 0.15) is 18.7 Å². The van der Waals surface area contributed by atoms with Crippen molar-refractivity contribution in [2.24, 2.45) is 0 Å². The van der Waals surface area contributed by atoms with E-state index in [1.807, 2.05) is 18.2 Å². The van der Waals surface area contributed by atoms with Crippen molar-refractivity contribution in [1.82, 2.24) is 24.6 Å². The molecule has 0 saturated carbocycles. The summed E-state index contributed by atoms with van der Waals surface area (Å²) in [7, 11) is -4.29. The number of aromatic nitrogens is 4. The largest absolute Gasteiger partial charge is 0.460 e. The molecule has 0 amide bonds. The fourth-order valence-electron chi connectivity index (χ4n) is 4.23. The Kier molecular flexibility index (Phi) is 9.04. The zero-order valence-corrected chi connectivity index (χ0v) is 23.8. The molecule has 6 atom stereocenters. The standard InChI is InChI=1S/C26H28ClN6O8P/c1-15(25(36)38-12-16-8-4-2-5-9-16)32-42(37,41-17-10-6-3-7-11-17)39-13-18-20(34)21(35)24(40-18)33-23-19(31-26(33)27)22(28)29-14-30-23/h2-11,14-15,18,20-21,24,34-35H,12-13H2,1H3,(H,32,37)(H2,28,29,30)/t15-,18+,20+,21+,24+,42?/m0/s1. The first-order valence-electron chi connectivity index (χ1n) is 12.8. The SMILES string of the molecule is C[C@H](NP(=O)(OC[C@H]1O[C@@H](n2c(Cl)nc3c(N)ncnc32)[C@H](O)[C@@H]1O)Oc1ccccc1)C(=O)OCc1ccccc1. The molecule has 42 heavy (non-hydrogen) atoms. The molecule has 14 nitrogen and oxygen atoms in total. The van der Waals surface area contributed by atoms with Gasteiger partial charge in [0.15, 0.2) is 23.2 Å². The lowest BCUT2D eigenvalue weighted by atomic mass is 10.1. The average molecular weight is 619 g/mol. The highest BCUT2D eigenvalue weighted by Gasteiger charge is 2.46. The average Bonchev–Trinajstić information content (AvgIpc) is 3.46. The van der Waals surface area contributed by atoms with Crippen molar-refractivity contribution >= 4 is 42.3 Å². The third kappa shape index (κ3) is 6.55. The second-order valence-corrected chi connectivity index (χ2v) is 11.4. The Bertz CT molecular complexity index is 1580. The van der Waals surface area contributed by atoms with Crippen molar-refractivity contribution in [1.29, 1.82) is 0 Å². The first kappa shape index (κ1) is 29.9. The second kappa shape index (κ2) is 12.7. The van der Waals surface area contributed by atoms with Crippen LogP contribution in [-0.4, -0.2) is 66.7 Å². The predicted molar refractivity (Wildman–Crippen MR) is 150 cm³/mol. The number of nitrogens with two attached hydrogens (primary N) is 1. The molecule has 1 aliphatic heterocycles. The monoisotopic (exact) mass is 618 g/mol. The summed E-state index contributed by atoms with van der Waals surface area (Å²) in [4.78, 5) is 24.8. The summed E-state index contributed by atoms with van der Waals surface area (Å²) in [6, 6.07) is 16.1. The predicted octanol–water partition coefficient (Wildman–Crippen LogP) is 2.61. The number of halogens is 1. The minimum absolute atomic E-state index is 0.0137. The number of carbonyl (C=O) groups excluding carboxylic acids is 1. The molecule has 2 aromatic heterocycles. The van der Waals surface area contributed by atoms with Gasteiger partial charge in [0.25, 0.3) is 0 Å². The van der Waals surface area contributed by atoms with E-state index in [0.29, 0.717) is 0 Å². The van der Waals surface area contributed by atoms with E-state index < -0.39 is 50.9 Å². The highest BCUT2D eigenvalue weighted by Crippen LogP contribution is 2.46. The number of nitrogens with zero attached hydrogens (tertiary/aromatic N) is 4. The lowest BCUT2D eigenvalue weighted by molar-refractivity contribution is -0.146. The topological polar surface area (TPSA) is 193 Å². The van der Waals surface area contributed by atoms with E-state index in [4.69, 9.17) is 35.9 Å². The van der Waals surface area contributed by atoms with Gasteiger partial charge in [-0.3, -0.25) is 13.9 Å². The van der Waals surface area contributed by atoms with E-state index in [0.717, 1.165) is 5.56 Å². The molecule has 4 aromatic rings. The molecule has 222 valence electrons. The maximum Gasteiger partial charge on any atom is 0.459 e. The first-order chi connectivity index (χ1) is 20.1. The number of nitrogen functional groups attached to an aromatic ring is 1. The van der Waals surface area contributed by atoms with E-state index in [1.165, 1.54) is 17.8 Å². The number of rotatable bonds is 11. The van der Waals surface area contributed by atoms with Crippen molar-refractivity contribution in [3.05, 3.63) is 77.8 Å². The van der Waals surface area contributed by atoms with E-state index in [1.54, 1.807) is 42.5 Å². The van der Waals surface area contributed by atoms with Crippen LogP contribution in [0.5, 0.6) is 5.75 Å². The van der Waals surface area contributed by atoms with E-state index >= 15 is 0 Å². The van der Waals surface area contributed by atoms with Gasteiger partial charge in [0, 0.05) is 0 Å². The highest BCUT2D eigenvalue weighted by atomic mass is 35.5. The fraction of sp³-hybridized carbons (Fsp3) is 0.308. The number of hydrogen-bond acceptors (Lipinski definition) is 12. The van der Waals surface area contributed by atoms with Crippen LogP contribution in [0, 0.1) is 0 Å². The van der Waals surface area contributed by atoms with Crippen molar-refractivity contribution in [2.45, 2.75) is 44.1 Å². The van der Waals surface area contributed by atoms with Gasteiger partial charge in [-0.2, -0.15) is 5.09 Å². The Morgan fingerprint density at radius 2 is 1.83 bits per heavy atom. The summed E-state index contributed by atoms with van der Waals surface area (Å²) >= 11 is 6.28. The molecule has 0 bridgehead atoms. The van der Waals surface area contributed by atoms with Gasteiger partial charge in [0.2, 0.25) is 5.28 Å². The van der Waals surface area contributed by atoms with Crippen LogP contribution < -0.4 is 15.3 Å².